The van der Waals surface area contributed by atoms with Gasteiger partial charge in [0, 0.05) is 5.38 Å². The Kier molecular flexibility index (Phi) is 4.25. The van der Waals surface area contributed by atoms with Crippen molar-refractivity contribution in [2.45, 2.75) is 4.90 Å². The quantitative estimate of drug-likeness (QED) is 0.872. The smallest absolute Gasteiger partial charge is 0.277 e. The van der Waals surface area contributed by atoms with Crippen molar-refractivity contribution in [1.29, 1.82) is 0 Å². The Hall–Kier alpha value is -1.26. The summed E-state index contributed by atoms with van der Waals surface area (Å²) in [5.74, 6) is -0.564. The van der Waals surface area contributed by atoms with E-state index in [4.69, 9.17) is 28.3 Å². The van der Waals surface area contributed by atoms with E-state index >= 15 is 0 Å². The highest BCUT2D eigenvalue weighted by Gasteiger charge is 2.18. The zero-order valence-corrected chi connectivity index (χ0v) is 12.6. The fourth-order valence-electron chi connectivity index (χ4n) is 1.27. The first-order valence-electron chi connectivity index (χ1n) is 4.89. The van der Waals surface area contributed by atoms with E-state index in [0.717, 1.165) is 23.7 Å². The lowest BCUT2D eigenvalue weighted by Gasteiger charge is -2.09. The van der Waals surface area contributed by atoms with Crippen LogP contribution in [-0.2, 0) is 10.0 Å². The van der Waals surface area contributed by atoms with Crippen molar-refractivity contribution in [2.75, 3.05) is 5.32 Å². The van der Waals surface area contributed by atoms with Crippen LogP contribution in [0, 0.1) is 0 Å². The number of rotatable bonds is 3. The molecule has 0 radical (unpaired) electrons. The van der Waals surface area contributed by atoms with E-state index in [9.17, 15) is 13.2 Å². The van der Waals surface area contributed by atoms with Crippen LogP contribution in [0.25, 0.3) is 0 Å². The minimum Gasteiger partial charge on any atom is -0.318 e. The summed E-state index contributed by atoms with van der Waals surface area (Å²) in [5, 5.41) is 12.3. The minimum atomic E-state index is -3.94. The molecular formula is C9H6Cl2N4O3S2. The minimum absolute atomic E-state index is 0.0573. The number of benzene rings is 1. The van der Waals surface area contributed by atoms with Gasteiger partial charge in [-0.05, 0) is 23.7 Å². The van der Waals surface area contributed by atoms with Gasteiger partial charge in [-0.2, -0.15) is 0 Å². The van der Waals surface area contributed by atoms with Crippen LogP contribution in [0.15, 0.2) is 22.4 Å². The Morgan fingerprint density at radius 3 is 2.35 bits per heavy atom. The number of nitrogens with zero attached hydrogens (tertiary/aromatic N) is 2. The third-order valence-electron chi connectivity index (χ3n) is 2.18. The van der Waals surface area contributed by atoms with Gasteiger partial charge in [0.25, 0.3) is 5.91 Å². The Balaban J connectivity index is 2.37. The molecule has 2 rings (SSSR count). The molecule has 0 aliphatic heterocycles. The standard InChI is InChI=1S/C9H6Cl2N4O3S2/c10-5-1-4(20(12,17)18)2-6(11)8(5)13-9(16)7-3-19-15-14-7/h1-3H,(H,13,16)(H2,12,17,18). The molecule has 1 heterocycles. The fraction of sp³-hybridized carbons (Fsp3) is 0. The molecule has 1 aromatic heterocycles. The van der Waals surface area contributed by atoms with Crippen molar-refractivity contribution in [2.24, 2.45) is 5.14 Å². The van der Waals surface area contributed by atoms with E-state index in [1.54, 1.807) is 0 Å². The summed E-state index contributed by atoms with van der Waals surface area (Å²) in [6.45, 7) is 0. The first-order valence-corrected chi connectivity index (χ1v) is 8.03. The van der Waals surface area contributed by atoms with Crippen molar-refractivity contribution in [3.05, 3.63) is 33.3 Å². The van der Waals surface area contributed by atoms with Gasteiger partial charge in [-0.15, -0.1) is 5.10 Å². The number of carbonyl (C=O) groups excluding carboxylic acids is 1. The molecule has 7 nitrogen and oxygen atoms in total. The largest absolute Gasteiger partial charge is 0.318 e. The van der Waals surface area contributed by atoms with Crippen LogP contribution in [0.2, 0.25) is 10.0 Å². The van der Waals surface area contributed by atoms with Crippen molar-refractivity contribution in [3.63, 3.8) is 0 Å². The lowest BCUT2D eigenvalue weighted by molar-refractivity contribution is 0.102. The first kappa shape index (κ1) is 15.1. The number of nitrogens with two attached hydrogens (primary N) is 1. The van der Waals surface area contributed by atoms with Gasteiger partial charge in [-0.1, -0.05) is 27.7 Å². The maximum atomic E-state index is 11.8. The molecule has 1 aromatic carbocycles. The van der Waals surface area contributed by atoms with Crippen LogP contribution < -0.4 is 10.5 Å². The second-order valence-corrected chi connectivity index (χ2v) is 6.54. The molecule has 0 aliphatic rings. The zero-order valence-electron chi connectivity index (χ0n) is 9.50. The lowest BCUT2D eigenvalue weighted by atomic mass is 10.3. The Bertz CT molecular complexity index is 738. The molecule has 1 amide bonds. The molecule has 0 aliphatic carbocycles. The molecule has 0 bridgehead atoms. The van der Waals surface area contributed by atoms with Gasteiger partial charge < -0.3 is 5.32 Å². The number of anilines is 1. The van der Waals surface area contributed by atoms with Crippen LogP contribution in [-0.4, -0.2) is 23.9 Å². The van der Waals surface area contributed by atoms with Crippen LogP contribution in [0.1, 0.15) is 10.5 Å². The predicted octanol–water partition coefficient (Wildman–Crippen LogP) is 1.74. The number of aromatic nitrogens is 2. The van der Waals surface area contributed by atoms with Gasteiger partial charge in [-0.3, -0.25) is 4.79 Å². The van der Waals surface area contributed by atoms with Gasteiger partial charge in [0.2, 0.25) is 10.0 Å². The second kappa shape index (κ2) is 5.62. The summed E-state index contributed by atoms with van der Waals surface area (Å²) in [6.07, 6.45) is 0. The number of primary sulfonamides is 1. The van der Waals surface area contributed by atoms with Crippen molar-refractivity contribution in [3.8, 4) is 0 Å². The molecule has 0 unspecified atom stereocenters. The molecular weight excluding hydrogens is 347 g/mol. The molecule has 2 aromatic rings. The summed E-state index contributed by atoms with van der Waals surface area (Å²) >= 11 is 12.8. The molecule has 0 atom stereocenters. The highest BCUT2D eigenvalue weighted by molar-refractivity contribution is 7.89. The molecule has 0 fully saturated rings. The molecule has 20 heavy (non-hydrogen) atoms. The molecule has 106 valence electrons. The molecule has 0 saturated carbocycles. The number of halogens is 2. The van der Waals surface area contributed by atoms with E-state index in [1.807, 2.05) is 0 Å². The van der Waals surface area contributed by atoms with Gasteiger partial charge in [0.1, 0.15) is 0 Å². The van der Waals surface area contributed by atoms with Gasteiger partial charge in [-0.25, -0.2) is 13.6 Å². The lowest BCUT2D eigenvalue weighted by Crippen LogP contribution is -2.15. The van der Waals surface area contributed by atoms with E-state index < -0.39 is 15.9 Å². The van der Waals surface area contributed by atoms with Crippen LogP contribution in [0.5, 0.6) is 0 Å². The number of nitrogens with one attached hydrogen (secondary N) is 1. The summed E-state index contributed by atoms with van der Waals surface area (Å²) in [5.41, 5.74) is 0.163. The zero-order chi connectivity index (χ0) is 14.9. The fourth-order valence-corrected chi connectivity index (χ4v) is 2.99. The van der Waals surface area contributed by atoms with Crippen LogP contribution >= 0.6 is 34.7 Å². The maximum Gasteiger partial charge on any atom is 0.277 e. The first-order chi connectivity index (χ1) is 9.29. The molecule has 11 heteroatoms. The summed E-state index contributed by atoms with van der Waals surface area (Å²) in [4.78, 5) is 11.5. The van der Waals surface area contributed by atoms with Crippen molar-refractivity contribution < 1.29 is 13.2 Å². The van der Waals surface area contributed by atoms with E-state index in [2.05, 4.69) is 14.9 Å². The third-order valence-corrected chi connectivity index (χ3v) is 4.17. The van der Waals surface area contributed by atoms with Crippen LogP contribution in [0.4, 0.5) is 5.69 Å². The van der Waals surface area contributed by atoms with Crippen molar-refractivity contribution in [1.82, 2.24) is 9.59 Å². The summed E-state index contributed by atoms with van der Waals surface area (Å²) in [6, 6.07) is 2.19. The Labute approximate surface area is 127 Å². The van der Waals surface area contributed by atoms with E-state index in [-0.39, 0.29) is 26.3 Å². The monoisotopic (exact) mass is 352 g/mol. The highest BCUT2D eigenvalue weighted by atomic mass is 35.5. The third kappa shape index (κ3) is 3.25. The van der Waals surface area contributed by atoms with Crippen LogP contribution in [0.3, 0.4) is 0 Å². The van der Waals surface area contributed by atoms with Gasteiger partial charge in [0.15, 0.2) is 5.69 Å². The predicted molar refractivity (Wildman–Crippen MR) is 75.7 cm³/mol. The maximum absolute atomic E-state index is 11.8. The normalized spacial score (nSPS) is 11.3. The average molecular weight is 353 g/mol. The van der Waals surface area contributed by atoms with Crippen molar-refractivity contribution >= 4 is 56.4 Å². The summed E-state index contributed by atoms with van der Waals surface area (Å²) in [7, 11) is -3.94. The van der Waals surface area contributed by atoms with E-state index in [0.29, 0.717) is 0 Å². The number of carbonyl (C=O) groups is 1. The Morgan fingerprint density at radius 1 is 1.30 bits per heavy atom. The van der Waals surface area contributed by atoms with Gasteiger partial charge in [0.05, 0.1) is 20.6 Å². The molecule has 0 saturated heterocycles. The SMILES string of the molecule is NS(=O)(=O)c1cc(Cl)c(NC(=O)c2csnn2)c(Cl)c1. The molecule has 3 N–H and O–H groups in total. The number of hydrogen-bond donors (Lipinski definition) is 2. The number of hydrogen-bond acceptors (Lipinski definition) is 6. The topological polar surface area (TPSA) is 115 Å². The van der Waals surface area contributed by atoms with E-state index in [1.165, 1.54) is 5.38 Å². The number of amides is 1. The van der Waals surface area contributed by atoms with Gasteiger partial charge >= 0.3 is 0 Å². The number of sulfonamides is 1. The Morgan fingerprint density at radius 2 is 1.90 bits per heavy atom. The average Bonchev–Trinajstić information content (AvgIpc) is 2.85. The second-order valence-electron chi connectivity index (χ2n) is 3.55. The highest BCUT2D eigenvalue weighted by Crippen LogP contribution is 2.33. The molecule has 0 spiro atoms. The summed E-state index contributed by atoms with van der Waals surface area (Å²) < 4.78 is 26.0.